The summed E-state index contributed by atoms with van der Waals surface area (Å²) < 4.78 is 31.3. The Bertz CT molecular complexity index is 718. The first-order chi connectivity index (χ1) is 9.13. The van der Waals surface area contributed by atoms with Crippen molar-refractivity contribution in [2.24, 2.45) is 0 Å². The van der Waals surface area contributed by atoms with E-state index >= 15 is 0 Å². The number of aromatic nitrogens is 2. The molecule has 1 aromatic carbocycles. The number of anilines is 1. The Labute approximate surface area is 110 Å². The van der Waals surface area contributed by atoms with Crippen LogP contribution in [0.5, 0.6) is 0 Å². The molecule has 0 atom stereocenters. The Hall–Kier alpha value is -2.28. The van der Waals surface area contributed by atoms with Crippen LogP contribution in [0.4, 0.5) is 13.8 Å². The van der Waals surface area contributed by atoms with Gasteiger partial charge in [0, 0.05) is 11.6 Å². The first kappa shape index (κ1) is 11.8. The number of hydrogen-bond donors (Lipinski definition) is 1. The summed E-state index contributed by atoms with van der Waals surface area (Å²) in [7, 11) is 0. The lowest BCUT2D eigenvalue weighted by atomic mass is 10.2. The minimum absolute atomic E-state index is 0.110. The van der Waals surface area contributed by atoms with Crippen molar-refractivity contribution in [2.45, 2.75) is 0 Å². The fraction of sp³-hybridized carbons (Fsp3) is 0. The standard InChI is InChI=1S/C12H7F2N3OS/c13-7-3-6(4-8(14)5-7)11-16-12(18-17-11)9-1-2-19-10(9)15/h1-5H,15H2. The van der Waals surface area contributed by atoms with Crippen molar-refractivity contribution >= 4 is 16.3 Å². The van der Waals surface area contributed by atoms with E-state index in [9.17, 15) is 8.78 Å². The van der Waals surface area contributed by atoms with E-state index in [0.29, 0.717) is 10.6 Å². The van der Waals surface area contributed by atoms with Crippen molar-refractivity contribution < 1.29 is 13.3 Å². The third kappa shape index (κ3) is 2.19. The monoisotopic (exact) mass is 279 g/mol. The molecular formula is C12H7F2N3OS. The molecular weight excluding hydrogens is 272 g/mol. The smallest absolute Gasteiger partial charge is 0.261 e. The molecule has 0 saturated carbocycles. The molecule has 0 unspecified atom stereocenters. The predicted octanol–water partition coefficient (Wildman–Crippen LogP) is 3.33. The second kappa shape index (κ2) is 4.43. The van der Waals surface area contributed by atoms with Crippen LogP contribution >= 0.6 is 11.3 Å². The van der Waals surface area contributed by atoms with Crippen LogP contribution in [0.2, 0.25) is 0 Å². The predicted molar refractivity (Wildman–Crippen MR) is 67.4 cm³/mol. The van der Waals surface area contributed by atoms with E-state index in [0.717, 1.165) is 18.2 Å². The summed E-state index contributed by atoms with van der Waals surface area (Å²) in [5.41, 5.74) is 6.56. The van der Waals surface area contributed by atoms with Crippen molar-refractivity contribution in [1.29, 1.82) is 0 Å². The van der Waals surface area contributed by atoms with Gasteiger partial charge >= 0.3 is 0 Å². The molecule has 2 N–H and O–H groups in total. The molecule has 4 nitrogen and oxygen atoms in total. The number of thiophene rings is 1. The van der Waals surface area contributed by atoms with Crippen LogP contribution in [0.1, 0.15) is 0 Å². The summed E-state index contributed by atoms with van der Waals surface area (Å²) >= 11 is 1.34. The molecule has 3 rings (SSSR count). The third-order valence-corrected chi connectivity index (χ3v) is 3.22. The molecule has 19 heavy (non-hydrogen) atoms. The maximum atomic E-state index is 13.1. The largest absolute Gasteiger partial charge is 0.390 e. The van der Waals surface area contributed by atoms with Crippen molar-refractivity contribution in [3.8, 4) is 22.8 Å². The maximum absolute atomic E-state index is 13.1. The quantitative estimate of drug-likeness (QED) is 0.781. The average Bonchev–Trinajstić information content (AvgIpc) is 2.95. The van der Waals surface area contributed by atoms with Gasteiger partial charge in [0.05, 0.1) is 10.6 Å². The van der Waals surface area contributed by atoms with E-state index in [1.807, 2.05) is 0 Å². The van der Waals surface area contributed by atoms with Crippen molar-refractivity contribution in [3.05, 3.63) is 41.3 Å². The zero-order valence-corrected chi connectivity index (χ0v) is 10.2. The van der Waals surface area contributed by atoms with Crippen molar-refractivity contribution in [2.75, 3.05) is 5.73 Å². The van der Waals surface area contributed by atoms with E-state index in [4.69, 9.17) is 10.3 Å². The van der Waals surface area contributed by atoms with E-state index in [-0.39, 0.29) is 17.3 Å². The summed E-state index contributed by atoms with van der Waals surface area (Å²) in [6.45, 7) is 0. The number of halogens is 2. The molecule has 0 amide bonds. The molecule has 0 radical (unpaired) electrons. The Balaban J connectivity index is 2.04. The fourth-order valence-corrected chi connectivity index (χ4v) is 2.26. The minimum atomic E-state index is -0.698. The van der Waals surface area contributed by atoms with Crippen LogP contribution < -0.4 is 5.73 Å². The molecule has 3 aromatic rings. The van der Waals surface area contributed by atoms with Crippen LogP contribution in [0.3, 0.4) is 0 Å². The second-order valence-corrected chi connectivity index (χ2v) is 4.73. The van der Waals surface area contributed by atoms with Gasteiger partial charge in [0.1, 0.15) is 11.6 Å². The van der Waals surface area contributed by atoms with Gasteiger partial charge in [-0.2, -0.15) is 4.98 Å². The first-order valence-corrected chi connectivity index (χ1v) is 6.15. The van der Waals surface area contributed by atoms with Gasteiger partial charge < -0.3 is 10.3 Å². The molecule has 0 fully saturated rings. The summed E-state index contributed by atoms with van der Waals surface area (Å²) in [6, 6.07) is 4.79. The molecule has 0 bridgehead atoms. The number of hydrogen-bond acceptors (Lipinski definition) is 5. The molecule has 2 aromatic heterocycles. The number of nitrogens with two attached hydrogens (primary N) is 1. The summed E-state index contributed by atoms with van der Waals surface area (Å²) in [5.74, 6) is -1.06. The minimum Gasteiger partial charge on any atom is -0.390 e. The lowest BCUT2D eigenvalue weighted by Gasteiger charge is -1.95. The third-order valence-electron chi connectivity index (χ3n) is 2.47. The van der Waals surface area contributed by atoms with Crippen LogP contribution in [-0.4, -0.2) is 10.1 Å². The second-order valence-electron chi connectivity index (χ2n) is 3.78. The lowest BCUT2D eigenvalue weighted by molar-refractivity contribution is 0.432. The van der Waals surface area contributed by atoms with Crippen LogP contribution in [0.25, 0.3) is 22.8 Å². The van der Waals surface area contributed by atoms with Crippen LogP contribution in [0, 0.1) is 11.6 Å². The van der Waals surface area contributed by atoms with E-state index in [2.05, 4.69) is 10.1 Å². The highest BCUT2D eigenvalue weighted by Gasteiger charge is 2.14. The highest BCUT2D eigenvalue weighted by molar-refractivity contribution is 7.14. The Morgan fingerprint density at radius 3 is 2.53 bits per heavy atom. The molecule has 0 aliphatic rings. The number of nitrogens with zero attached hydrogens (tertiary/aromatic N) is 2. The number of nitrogen functional groups attached to an aromatic ring is 1. The SMILES string of the molecule is Nc1sccc1-c1nc(-c2cc(F)cc(F)c2)no1. The normalized spacial score (nSPS) is 10.8. The van der Waals surface area contributed by atoms with E-state index in [1.54, 1.807) is 11.4 Å². The summed E-state index contributed by atoms with van der Waals surface area (Å²) in [5, 5.41) is 6.03. The van der Waals surface area contributed by atoms with Gasteiger partial charge in [-0.25, -0.2) is 8.78 Å². The van der Waals surface area contributed by atoms with E-state index in [1.165, 1.54) is 11.3 Å². The summed E-state index contributed by atoms with van der Waals surface area (Å²) in [4.78, 5) is 4.08. The Kier molecular flexibility index (Phi) is 2.75. The maximum Gasteiger partial charge on any atom is 0.261 e. The number of benzene rings is 1. The van der Waals surface area contributed by atoms with E-state index < -0.39 is 11.6 Å². The average molecular weight is 279 g/mol. The van der Waals surface area contributed by atoms with Crippen molar-refractivity contribution in [1.82, 2.24) is 10.1 Å². The van der Waals surface area contributed by atoms with Gasteiger partial charge in [-0.05, 0) is 23.6 Å². The topological polar surface area (TPSA) is 64.9 Å². The van der Waals surface area contributed by atoms with Crippen LogP contribution in [0.15, 0.2) is 34.2 Å². The van der Waals surface area contributed by atoms with Gasteiger partial charge in [-0.15, -0.1) is 11.3 Å². The Morgan fingerprint density at radius 1 is 1.16 bits per heavy atom. The summed E-state index contributed by atoms with van der Waals surface area (Å²) in [6.07, 6.45) is 0. The molecule has 0 aliphatic carbocycles. The highest BCUT2D eigenvalue weighted by Crippen LogP contribution is 2.30. The zero-order valence-electron chi connectivity index (χ0n) is 9.43. The lowest BCUT2D eigenvalue weighted by Crippen LogP contribution is -1.86. The Morgan fingerprint density at radius 2 is 1.89 bits per heavy atom. The van der Waals surface area contributed by atoms with Gasteiger partial charge in [0.2, 0.25) is 5.82 Å². The first-order valence-electron chi connectivity index (χ1n) is 5.27. The van der Waals surface area contributed by atoms with Gasteiger partial charge in [0.15, 0.2) is 0 Å². The van der Waals surface area contributed by atoms with Gasteiger partial charge in [0.25, 0.3) is 5.89 Å². The fourth-order valence-electron chi connectivity index (χ4n) is 1.63. The number of rotatable bonds is 2. The molecule has 96 valence electrons. The highest BCUT2D eigenvalue weighted by atomic mass is 32.1. The molecule has 2 heterocycles. The molecule has 0 aliphatic heterocycles. The van der Waals surface area contributed by atoms with Gasteiger partial charge in [-0.3, -0.25) is 0 Å². The van der Waals surface area contributed by atoms with Gasteiger partial charge in [-0.1, -0.05) is 5.16 Å². The molecule has 0 spiro atoms. The zero-order chi connectivity index (χ0) is 13.4. The molecule has 7 heteroatoms. The van der Waals surface area contributed by atoms with Crippen LogP contribution in [-0.2, 0) is 0 Å². The molecule has 0 saturated heterocycles. The van der Waals surface area contributed by atoms with Crippen molar-refractivity contribution in [3.63, 3.8) is 0 Å².